The normalized spacial score (nSPS) is 18.2. The van der Waals surface area contributed by atoms with Gasteiger partial charge in [-0.25, -0.2) is 4.79 Å². The summed E-state index contributed by atoms with van der Waals surface area (Å²) in [6.07, 6.45) is 0.233. The third-order valence-corrected chi connectivity index (χ3v) is 8.31. The van der Waals surface area contributed by atoms with Crippen molar-refractivity contribution in [2.45, 2.75) is 24.9 Å². The standard InChI is InChI=1S/C31H27N3O5S2/c1-2-39-29(38)31(18-41-27-24(31)25(35)21-15-9-10-16-22(21)26(27)36)34-28(37)23(17-19-11-5-3-6-12-19)33-30(40)32-20-13-7-4-8-14-20/h3-16,23H,2,17-18H2,1H3,(H,34,37)(H2,32,33,40)/t23-,31?/m0/s1. The Morgan fingerprint density at radius 3 is 2.20 bits per heavy atom. The zero-order chi connectivity index (χ0) is 29.0. The fraction of sp³-hybridized carbons (Fsp3) is 0.194. The first-order valence-electron chi connectivity index (χ1n) is 13.1. The van der Waals surface area contributed by atoms with E-state index < -0.39 is 29.2 Å². The van der Waals surface area contributed by atoms with Crippen molar-refractivity contribution in [3.63, 3.8) is 0 Å². The second-order valence-electron chi connectivity index (χ2n) is 9.52. The summed E-state index contributed by atoms with van der Waals surface area (Å²) >= 11 is 6.59. The minimum absolute atomic E-state index is 0.0270. The molecule has 0 saturated heterocycles. The molecule has 5 rings (SSSR count). The second kappa shape index (κ2) is 12.1. The maximum Gasteiger partial charge on any atom is 0.337 e. The lowest BCUT2D eigenvalue weighted by Crippen LogP contribution is -2.63. The van der Waals surface area contributed by atoms with Crippen LogP contribution < -0.4 is 16.0 Å². The van der Waals surface area contributed by atoms with Crippen molar-refractivity contribution in [3.8, 4) is 0 Å². The summed E-state index contributed by atoms with van der Waals surface area (Å²) in [5.41, 5.74) is 0.148. The van der Waals surface area contributed by atoms with Crippen LogP contribution in [0.15, 0.2) is 95.4 Å². The number of allylic oxidation sites excluding steroid dienone is 1. The van der Waals surface area contributed by atoms with Gasteiger partial charge in [0.1, 0.15) is 6.04 Å². The largest absolute Gasteiger partial charge is 0.464 e. The topological polar surface area (TPSA) is 114 Å². The zero-order valence-electron chi connectivity index (χ0n) is 22.1. The van der Waals surface area contributed by atoms with Crippen molar-refractivity contribution in [1.82, 2.24) is 10.6 Å². The van der Waals surface area contributed by atoms with Gasteiger partial charge in [0.05, 0.1) is 17.1 Å². The quantitative estimate of drug-likeness (QED) is 0.266. The first-order chi connectivity index (χ1) is 19.8. The Kier molecular flexibility index (Phi) is 8.32. The molecule has 208 valence electrons. The van der Waals surface area contributed by atoms with Gasteiger partial charge in [-0.2, -0.15) is 0 Å². The average Bonchev–Trinajstić information content (AvgIpc) is 3.37. The van der Waals surface area contributed by atoms with E-state index >= 15 is 0 Å². The average molecular weight is 586 g/mol. The molecule has 1 heterocycles. The minimum Gasteiger partial charge on any atom is -0.464 e. The molecule has 0 spiro atoms. The maximum atomic E-state index is 14.0. The number of anilines is 1. The molecule has 2 atom stereocenters. The number of rotatable bonds is 8. The number of ketones is 2. The van der Waals surface area contributed by atoms with E-state index in [9.17, 15) is 19.2 Å². The third kappa shape index (κ3) is 5.66. The predicted molar refractivity (Wildman–Crippen MR) is 162 cm³/mol. The Morgan fingerprint density at radius 2 is 1.54 bits per heavy atom. The number of carbonyl (C=O) groups excluding carboxylic acids is 4. The zero-order valence-corrected chi connectivity index (χ0v) is 23.8. The van der Waals surface area contributed by atoms with Crippen molar-refractivity contribution in [2.24, 2.45) is 0 Å². The lowest BCUT2D eigenvalue weighted by atomic mass is 9.79. The minimum atomic E-state index is -1.85. The molecule has 3 aromatic rings. The van der Waals surface area contributed by atoms with Gasteiger partial charge in [-0.15, -0.1) is 11.8 Å². The van der Waals surface area contributed by atoms with Crippen LogP contribution in [-0.4, -0.2) is 52.5 Å². The van der Waals surface area contributed by atoms with Crippen LogP contribution in [0.4, 0.5) is 5.69 Å². The number of thioether (sulfide) groups is 1. The van der Waals surface area contributed by atoms with Crippen molar-refractivity contribution in [3.05, 3.63) is 112 Å². The van der Waals surface area contributed by atoms with Crippen LogP contribution in [0.1, 0.15) is 33.2 Å². The number of nitrogens with one attached hydrogen (secondary N) is 3. The molecule has 0 radical (unpaired) electrons. The van der Waals surface area contributed by atoms with Crippen molar-refractivity contribution in [1.29, 1.82) is 0 Å². The molecule has 3 aromatic carbocycles. The highest BCUT2D eigenvalue weighted by molar-refractivity contribution is 8.04. The van der Waals surface area contributed by atoms with E-state index in [-0.39, 0.29) is 51.3 Å². The van der Waals surface area contributed by atoms with Crippen LogP contribution in [0.2, 0.25) is 0 Å². The lowest BCUT2D eigenvalue weighted by Gasteiger charge is -2.33. The Bertz CT molecular complexity index is 1560. The van der Waals surface area contributed by atoms with Crippen LogP contribution in [0, 0.1) is 0 Å². The highest BCUT2D eigenvalue weighted by atomic mass is 32.2. The highest BCUT2D eigenvalue weighted by Crippen LogP contribution is 2.46. The van der Waals surface area contributed by atoms with E-state index in [0.29, 0.717) is 0 Å². The van der Waals surface area contributed by atoms with E-state index in [1.54, 1.807) is 31.2 Å². The molecule has 1 aliphatic heterocycles. The van der Waals surface area contributed by atoms with E-state index in [4.69, 9.17) is 17.0 Å². The fourth-order valence-electron chi connectivity index (χ4n) is 4.90. The molecule has 0 bridgehead atoms. The van der Waals surface area contributed by atoms with Crippen LogP contribution in [-0.2, 0) is 20.7 Å². The van der Waals surface area contributed by atoms with Gasteiger partial charge in [0.2, 0.25) is 11.7 Å². The Hall–Kier alpha value is -4.28. The number of benzene rings is 3. The maximum absolute atomic E-state index is 14.0. The SMILES string of the molecule is CCOC(=O)C1(NC(=O)[C@H](Cc2ccccc2)NC(=S)Nc2ccccc2)CSC2=C1C(=O)c1ccccc1C2=O. The van der Waals surface area contributed by atoms with Crippen LogP contribution in [0.5, 0.6) is 0 Å². The molecule has 1 amide bonds. The molecule has 1 unspecified atom stereocenters. The van der Waals surface area contributed by atoms with Gasteiger partial charge in [0, 0.05) is 29.0 Å². The Balaban J connectivity index is 1.49. The molecule has 41 heavy (non-hydrogen) atoms. The van der Waals surface area contributed by atoms with Gasteiger partial charge in [0.25, 0.3) is 0 Å². The smallest absolute Gasteiger partial charge is 0.337 e. The van der Waals surface area contributed by atoms with Crippen molar-refractivity contribution in [2.75, 3.05) is 17.7 Å². The third-order valence-electron chi connectivity index (χ3n) is 6.83. The molecule has 2 aliphatic rings. The first kappa shape index (κ1) is 28.3. The summed E-state index contributed by atoms with van der Waals surface area (Å²) < 4.78 is 5.39. The van der Waals surface area contributed by atoms with Gasteiger partial charge in [-0.3, -0.25) is 14.4 Å². The summed E-state index contributed by atoms with van der Waals surface area (Å²) in [7, 11) is 0. The first-order valence-corrected chi connectivity index (χ1v) is 14.4. The number of carbonyl (C=O) groups is 4. The molecule has 3 N–H and O–H groups in total. The van der Waals surface area contributed by atoms with Gasteiger partial charge in [0.15, 0.2) is 16.4 Å². The van der Waals surface area contributed by atoms with Crippen molar-refractivity contribution < 1.29 is 23.9 Å². The molecule has 10 heteroatoms. The lowest BCUT2D eigenvalue weighted by molar-refractivity contribution is -0.150. The second-order valence-corrected chi connectivity index (χ2v) is 10.9. The summed E-state index contributed by atoms with van der Waals surface area (Å²) in [6.45, 7) is 1.67. The van der Waals surface area contributed by atoms with E-state index in [1.165, 1.54) is 0 Å². The van der Waals surface area contributed by atoms with Crippen LogP contribution in [0.25, 0.3) is 0 Å². The molecular formula is C31H27N3O5S2. The summed E-state index contributed by atoms with van der Waals surface area (Å²) in [5.74, 6) is -2.27. The number of thiocarbonyl (C=S) groups is 1. The van der Waals surface area contributed by atoms with Gasteiger partial charge < -0.3 is 20.7 Å². The fourth-order valence-corrected chi connectivity index (χ4v) is 6.51. The predicted octanol–water partition coefficient (Wildman–Crippen LogP) is 4.08. The molecule has 1 aliphatic carbocycles. The number of esters is 1. The van der Waals surface area contributed by atoms with Crippen molar-refractivity contribution >= 4 is 58.2 Å². The molecule has 0 aromatic heterocycles. The number of hydrogen-bond acceptors (Lipinski definition) is 7. The monoisotopic (exact) mass is 585 g/mol. The van der Waals surface area contributed by atoms with E-state index in [1.807, 2.05) is 60.7 Å². The van der Waals surface area contributed by atoms with E-state index in [0.717, 1.165) is 23.0 Å². The molecule has 8 nitrogen and oxygen atoms in total. The Labute approximate surface area is 246 Å². The van der Waals surface area contributed by atoms with Gasteiger partial charge in [-0.05, 0) is 36.8 Å². The number of hydrogen-bond donors (Lipinski definition) is 3. The number of amides is 1. The summed E-state index contributed by atoms with van der Waals surface area (Å²) in [5, 5.41) is 9.17. The highest BCUT2D eigenvalue weighted by Gasteiger charge is 2.56. The van der Waals surface area contributed by atoms with E-state index in [2.05, 4.69) is 16.0 Å². The number of ether oxygens (including phenoxy) is 1. The van der Waals surface area contributed by atoms with Crippen LogP contribution in [0.3, 0.4) is 0 Å². The number of para-hydroxylation sites is 1. The molecular weight excluding hydrogens is 558 g/mol. The number of fused-ring (bicyclic) bond motifs is 1. The summed E-state index contributed by atoms with van der Waals surface area (Å²) in [6, 6.07) is 24.2. The van der Waals surface area contributed by atoms with Gasteiger partial charge >= 0.3 is 5.97 Å². The van der Waals surface area contributed by atoms with Crippen LogP contribution >= 0.6 is 24.0 Å². The molecule has 0 saturated carbocycles. The Morgan fingerprint density at radius 1 is 0.927 bits per heavy atom. The number of Topliss-reactive ketones (excluding diaryl/α,β-unsaturated/α-hetero) is 2. The van der Waals surface area contributed by atoms with Gasteiger partial charge in [-0.1, -0.05) is 72.8 Å². The molecule has 0 fully saturated rings. The summed E-state index contributed by atoms with van der Waals surface area (Å²) in [4.78, 5) is 54.8.